The monoisotopic (exact) mass is 521 g/mol. The van der Waals surface area contributed by atoms with E-state index in [1.54, 1.807) is 0 Å². The fourth-order valence-corrected chi connectivity index (χ4v) is 6.56. The lowest BCUT2D eigenvalue weighted by Gasteiger charge is -2.13. The van der Waals surface area contributed by atoms with E-state index in [4.69, 9.17) is 4.98 Å². The highest BCUT2D eigenvalue weighted by atomic mass is 15.0. The summed E-state index contributed by atoms with van der Waals surface area (Å²) in [6, 6.07) is 47.7. The zero-order valence-corrected chi connectivity index (χ0v) is 22.1. The maximum atomic E-state index is 5.07. The van der Waals surface area contributed by atoms with Gasteiger partial charge < -0.3 is 4.57 Å². The summed E-state index contributed by atoms with van der Waals surface area (Å²) in [5.41, 5.74) is 7.49. The number of para-hydroxylation sites is 1. The predicted molar refractivity (Wildman–Crippen MR) is 172 cm³/mol. The maximum absolute atomic E-state index is 5.07. The lowest BCUT2D eigenvalue weighted by atomic mass is 9.97. The minimum atomic E-state index is 0.936. The Kier molecular flexibility index (Phi) is 4.61. The second kappa shape index (κ2) is 8.48. The Morgan fingerprint density at radius 1 is 0.463 bits per heavy atom. The van der Waals surface area contributed by atoms with Crippen LogP contribution in [0.3, 0.4) is 0 Å². The van der Waals surface area contributed by atoms with Crippen LogP contribution in [0, 0.1) is 0 Å². The molecule has 3 nitrogen and oxygen atoms in total. The van der Waals surface area contributed by atoms with Crippen LogP contribution in [0.25, 0.3) is 82.1 Å². The zero-order chi connectivity index (χ0) is 26.9. The van der Waals surface area contributed by atoms with Crippen molar-refractivity contribution in [2.45, 2.75) is 0 Å². The van der Waals surface area contributed by atoms with Crippen LogP contribution in [0.2, 0.25) is 0 Å². The van der Waals surface area contributed by atoms with Crippen LogP contribution in [0.15, 0.2) is 140 Å². The normalized spacial score (nSPS) is 11.9. The maximum Gasteiger partial charge on any atom is 0.0972 e. The van der Waals surface area contributed by atoms with E-state index in [1.165, 1.54) is 43.4 Å². The molecule has 0 spiro atoms. The average Bonchev–Trinajstić information content (AvgIpc) is 3.40. The first-order valence-corrected chi connectivity index (χ1v) is 13.9. The van der Waals surface area contributed by atoms with E-state index in [0.717, 1.165) is 38.8 Å². The van der Waals surface area contributed by atoms with Crippen LogP contribution in [0.4, 0.5) is 0 Å². The third-order valence-corrected chi connectivity index (χ3v) is 8.40. The second-order valence-corrected chi connectivity index (χ2v) is 10.6. The van der Waals surface area contributed by atoms with Gasteiger partial charge in [0.15, 0.2) is 0 Å². The molecular formula is C38H23N3. The van der Waals surface area contributed by atoms with Crippen molar-refractivity contribution < 1.29 is 0 Å². The third-order valence-electron chi connectivity index (χ3n) is 8.40. The molecule has 3 heteroatoms. The first-order chi connectivity index (χ1) is 20.3. The number of hydrogen-bond donors (Lipinski definition) is 0. The Labute approximate surface area is 235 Å². The molecule has 0 saturated carbocycles. The first kappa shape index (κ1) is 22.3. The van der Waals surface area contributed by atoms with Crippen LogP contribution in [0.5, 0.6) is 0 Å². The minimum absolute atomic E-state index is 0.936. The summed E-state index contributed by atoms with van der Waals surface area (Å²) in [4.78, 5) is 9.70. The molecule has 41 heavy (non-hydrogen) atoms. The number of pyridine rings is 2. The largest absolute Gasteiger partial charge is 0.309 e. The van der Waals surface area contributed by atoms with Crippen LogP contribution < -0.4 is 0 Å². The smallest absolute Gasteiger partial charge is 0.0972 e. The second-order valence-electron chi connectivity index (χ2n) is 10.6. The van der Waals surface area contributed by atoms with E-state index in [9.17, 15) is 0 Å². The van der Waals surface area contributed by atoms with Gasteiger partial charge in [-0.25, -0.2) is 4.98 Å². The van der Waals surface area contributed by atoms with Crippen molar-refractivity contribution in [3.05, 3.63) is 140 Å². The van der Waals surface area contributed by atoms with Crippen molar-refractivity contribution in [3.63, 3.8) is 0 Å². The van der Waals surface area contributed by atoms with Crippen molar-refractivity contribution in [3.8, 4) is 16.9 Å². The van der Waals surface area contributed by atoms with Gasteiger partial charge in [-0.05, 0) is 46.5 Å². The predicted octanol–water partition coefficient (Wildman–Crippen LogP) is 9.85. The van der Waals surface area contributed by atoms with Gasteiger partial charge >= 0.3 is 0 Å². The number of benzene rings is 6. The summed E-state index contributed by atoms with van der Waals surface area (Å²) in [5.74, 6) is 0. The lowest BCUT2D eigenvalue weighted by molar-refractivity contribution is 1.19. The molecule has 3 aromatic heterocycles. The van der Waals surface area contributed by atoms with Crippen molar-refractivity contribution >= 4 is 65.2 Å². The summed E-state index contributed by atoms with van der Waals surface area (Å²) in [7, 11) is 0. The Hall–Kier alpha value is -5.54. The molecule has 0 aliphatic heterocycles. The van der Waals surface area contributed by atoms with Crippen LogP contribution in [0.1, 0.15) is 0 Å². The van der Waals surface area contributed by atoms with Crippen LogP contribution in [-0.2, 0) is 0 Å². The third kappa shape index (κ3) is 3.20. The topological polar surface area (TPSA) is 30.7 Å². The SMILES string of the molecule is c1cnc2c(c1)ccc1ccc(-c3ccc(-n4c5ccccc5c5c6ccccc6c6ccccc6c54)cc3)nc12. The fourth-order valence-electron chi connectivity index (χ4n) is 6.56. The Balaban J connectivity index is 1.29. The molecule has 0 bridgehead atoms. The molecule has 9 rings (SSSR count). The molecule has 0 N–H and O–H groups in total. The van der Waals surface area contributed by atoms with Crippen LogP contribution in [-0.4, -0.2) is 14.5 Å². The summed E-state index contributed by atoms with van der Waals surface area (Å²) in [5, 5.41) is 9.88. The van der Waals surface area contributed by atoms with Crippen molar-refractivity contribution in [2.75, 3.05) is 0 Å². The molecule has 0 aliphatic rings. The fraction of sp³-hybridized carbons (Fsp3) is 0. The number of nitrogens with zero attached hydrogens (tertiary/aromatic N) is 3. The van der Waals surface area contributed by atoms with Gasteiger partial charge in [-0.15, -0.1) is 0 Å². The van der Waals surface area contributed by atoms with E-state index in [-0.39, 0.29) is 0 Å². The van der Waals surface area contributed by atoms with Gasteiger partial charge in [0.25, 0.3) is 0 Å². The Morgan fingerprint density at radius 2 is 1.10 bits per heavy atom. The van der Waals surface area contributed by atoms with E-state index in [0.29, 0.717) is 0 Å². The lowest BCUT2D eigenvalue weighted by Crippen LogP contribution is -1.95. The van der Waals surface area contributed by atoms with Crippen LogP contribution >= 0.6 is 0 Å². The molecule has 0 amide bonds. The quantitative estimate of drug-likeness (QED) is 0.212. The summed E-state index contributed by atoms with van der Waals surface area (Å²) < 4.78 is 2.43. The number of rotatable bonds is 2. The number of aromatic nitrogens is 3. The highest BCUT2D eigenvalue weighted by Gasteiger charge is 2.18. The molecule has 3 heterocycles. The van der Waals surface area contributed by atoms with E-state index in [1.807, 2.05) is 12.3 Å². The van der Waals surface area contributed by atoms with Crippen molar-refractivity contribution in [1.29, 1.82) is 0 Å². The number of fused-ring (bicyclic) bond motifs is 11. The Morgan fingerprint density at radius 3 is 1.90 bits per heavy atom. The van der Waals surface area contributed by atoms with Gasteiger partial charge in [-0.1, -0.05) is 103 Å². The average molecular weight is 522 g/mol. The van der Waals surface area contributed by atoms with Crippen molar-refractivity contribution in [1.82, 2.24) is 14.5 Å². The van der Waals surface area contributed by atoms with Gasteiger partial charge in [0.1, 0.15) is 0 Å². The Bertz CT molecular complexity index is 2470. The molecule has 0 radical (unpaired) electrons. The molecule has 0 fully saturated rings. The van der Waals surface area contributed by atoms with Gasteiger partial charge in [0.2, 0.25) is 0 Å². The molecule has 0 aliphatic carbocycles. The molecule has 0 unspecified atom stereocenters. The molecular weight excluding hydrogens is 498 g/mol. The standard InChI is InChI=1S/C38H23N3/c1-3-11-30-28(9-1)29-10-2-4-12-31(29)38-35(30)32-13-5-6-14-34(32)41(38)27-20-17-24(18-21-27)33-22-19-26-16-15-25-8-7-23-39-36(25)37(26)40-33/h1-23H. The van der Waals surface area contributed by atoms with E-state index >= 15 is 0 Å². The molecule has 0 atom stereocenters. The van der Waals surface area contributed by atoms with Gasteiger partial charge in [0, 0.05) is 44.4 Å². The van der Waals surface area contributed by atoms with E-state index in [2.05, 4.69) is 137 Å². The van der Waals surface area contributed by atoms with Gasteiger partial charge in [-0.3, -0.25) is 4.98 Å². The molecule has 9 aromatic rings. The minimum Gasteiger partial charge on any atom is -0.309 e. The van der Waals surface area contributed by atoms with Gasteiger partial charge in [0.05, 0.1) is 27.8 Å². The highest BCUT2D eigenvalue weighted by Crippen LogP contribution is 2.42. The molecule has 0 saturated heterocycles. The number of hydrogen-bond acceptors (Lipinski definition) is 2. The molecule has 6 aromatic carbocycles. The van der Waals surface area contributed by atoms with Crippen molar-refractivity contribution in [2.24, 2.45) is 0 Å². The molecule has 190 valence electrons. The summed E-state index contributed by atoms with van der Waals surface area (Å²) in [6.45, 7) is 0. The summed E-state index contributed by atoms with van der Waals surface area (Å²) >= 11 is 0. The summed E-state index contributed by atoms with van der Waals surface area (Å²) in [6.07, 6.45) is 1.84. The zero-order valence-electron chi connectivity index (χ0n) is 22.1. The first-order valence-electron chi connectivity index (χ1n) is 13.9. The highest BCUT2D eigenvalue weighted by molar-refractivity contribution is 6.32. The van der Waals surface area contributed by atoms with E-state index < -0.39 is 0 Å². The van der Waals surface area contributed by atoms with Gasteiger partial charge in [-0.2, -0.15) is 0 Å².